The Hall–Kier alpha value is -4.19. The highest BCUT2D eigenvalue weighted by Gasteiger charge is 2.50. The van der Waals surface area contributed by atoms with Crippen LogP contribution in [0.25, 0.3) is 0 Å². The number of carbonyl (C=O) groups is 1. The van der Waals surface area contributed by atoms with E-state index in [0.717, 1.165) is 28.4 Å². The predicted molar refractivity (Wildman–Crippen MR) is 127 cm³/mol. The number of benzene rings is 3. The number of hydrogen-bond donors (Lipinski definition) is 0. The highest BCUT2D eigenvalue weighted by molar-refractivity contribution is 6.07. The summed E-state index contributed by atoms with van der Waals surface area (Å²) in [5.74, 6) is 2.17. The van der Waals surface area contributed by atoms with Crippen LogP contribution in [0, 0.1) is 0 Å². The molecule has 4 aromatic rings. The summed E-state index contributed by atoms with van der Waals surface area (Å²) in [7, 11) is 3.25. The van der Waals surface area contributed by atoms with Crippen molar-refractivity contribution in [1.29, 1.82) is 0 Å². The van der Waals surface area contributed by atoms with E-state index in [1.54, 1.807) is 25.4 Å². The van der Waals surface area contributed by atoms with Crippen molar-refractivity contribution >= 4 is 17.4 Å². The Labute approximate surface area is 192 Å². The van der Waals surface area contributed by atoms with Gasteiger partial charge in [-0.2, -0.15) is 0 Å². The topological polar surface area (TPSA) is 55.2 Å². The summed E-state index contributed by atoms with van der Waals surface area (Å²) in [4.78, 5) is 17.7. The maximum absolute atomic E-state index is 14.1. The van der Waals surface area contributed by atoms with Gasteiger partial charge >= 0.3 is 6.03 Å². The van der Waals surface area contributed by atoms with Gasteiger partial charge in [-0.15, -0.1) is 0 Å². The fourth-order valence-corrected chi connectivity index (χ4v) is 4.39. The number of nitrogens with zero attached hydrogens (tertiary/aromatic N) is 2. The van der Waals surface area contributed by atoms with Crippen LogP contribution in [0.2, 0.25) is 0 Å². The zero-order valence-corrected chi connectivity index (χ0v) is 18.4. The molecule has 33 heavy (non-hydrogen) atoms. The third kappa shape index (κ3) is 3.69. The summed E-state index contributed by atoms with van der Waals surface area (Å²) in [6.45, 7) is 0. The first kappa shape index (κ1) is 20.7. The largest absolute Gasteiger partial charge is 0.497 e. The van der Waals surface area contributed by atoms with E-state index in [4.69, 9.17) is 13.9 Å². The van der Waals surface area contributed by atoms with Crippen LogP contribution in [0.4, 0.5) is 16.2 Å². The third-order valence-corrected chi connectivity index (χ3v) is 5.94. The first-order valence-electron chi connectivity index (χ1n) is 10.7. The van der Waals surface area contributed by atoms with Gasteiger partial charge in [0.2, 0.25) is 0 Å². The lowest BCUT2D eigenvalue weighted by molar-refractivity contribution is 0.254. The minimum Gasteiger partial charge on any atom is -0.497 e. The molecule has 5 rings (SSSR count). The van der Waals surface area contributed by atoms with E-state index in [2.05, 4.69) is 0 Å². The molecule has 1 aliphatic rings. The average molecular weight is 440 g/mol. The molecule has 166 valence electrons. The lowest BCUT2D eigenvalue weighted by Crippen LogP contribution is -2.32. The van der Waals surface area contributed by atoms with Gasteiger partial charge in [0.25, 0.3) is 0 Å². The highest BCUT2D eigenvalue weighted by atomic mass is 16.5. The van der Waals surface area contributed by atoms with Crippen molar-refractivity contribution in [1.82, 2.24) is 0 Å². The van der Waals surface area contributed by atoms with Crippen molar-refractivity contribution < 1.29 is 18.7 Å². The second-order valence-electron chi connectivity index (χ2n) is 7.73. The summed E-state index contributed by atoms with van der Waals surface area (Å²) in [5, 5.41) is 0. The number of urea groups is 1. The van der Waals surface area contributed by atoms with Gasteiger partial charge in [-0.05, 0) is 66.2 Å². The standard InChI is InChI=1S/C27H24N2O4/c1-31-22-14-10-20(11-15-22)28-25(19-7-4-3-5-8-19)26(24-9-6-18-33-24)29(27(28)30)21-12-16-23(32-2)17-13-21/h3-18,25-26H,1-2H3/t25-,26+/m1/s1. The molecule has 0 bridgehead atoms. The number of anilines is 2. The van der Waals surface area contributed by atoms with E-state index in [1.165, 1.54) is 0 Å². The lowest BCUT2D eigenvalue weighted by Gasteiger charge is -2.27. The molecule has 1 fully saturated rings. The minimum absolute atomic E-state index is 0.138. The van der Waals surface area contributed by atoms with E-state index in [1.807, 2.05) is 95.9 Å². The molecule has 2 heterocycles. The van der Waals surface area contributed by atoms with E-state index < -0.39 is 0 Å². The molecule has 1 aliphatic heterocycles. The fourth-order valence-electron chi connectivity index (χ4n) is 4.39. The van der Waals surface area contributed by atoms with Crippen molar-refractivity contribution in [2.24, 2.45) is 0 Å². The Bertz CT molecular complexity index is 1210. The van der Waals surface area contributed by atoms with Crippen LogP contribution in [-0.4, -0.2) is 20.3 Å². The molecule has 6 heteroatoms. The first-order valence-corrected chi connectivity index (χ1v) is 10.7. The number of ether oxygens (including phenoxy) is 2. The van der Waals surface area contributed by atoms with Crippen molar-refractivity contribution in [3.63, 3.8) is 0 Å². The zero-order valence-electron chi connectivity index (χ0n) is 18.4. The van der Waals surface area contributed by atoms with Crippen LogP contribution in [0.3, 0.4) is 0 Å². The van der Waals surface area contributed by atoms with Crippen molar-refractivity contribution in [3.8, 4) is 11.5 Å². The van der Waals surface area contributed by atoms with Crippen molar-refractivity contribution in [2.45, 2.75) is 12.1 Å². The SMILES string of the molecule is COc1ccc(N2C(=O)N(c3ccc(OC)cc3)[C@@H](c3ccco3)[C@H]2c2ccccc2)cc1. The summed E-state index contributed by atoms with van der Waals surface area (Å²) in [5.41, 5.74) is 2.56. The van der Waals surface area contributed by atoms with Crippen LogP contribution in [0.5, 0.6) is 11.5 Å². The number of methoxy groups -OCH3 is 2. The van der Waals surface area contributed by atoms with Gasteiger partial charge in [0.05, 0.1) is 26.5 Å². The Morgan fingerprint density at radius 1 is 0.667 bits per heavy atom. The van der Waals surface area contributed by atoms with Crippen LogP contribution in [0.15, 0.2) is 102 Å². The molecule has 6 nitrogen and oxygen atoms in total. The molecule has 1 saturated heterocycles. The monoisotopic (exact) mass is 440 g/mol. The number of furan rings is 1. The molecule has 0 spiro atoms. The molecule has 0 saturated carbocycles. The van der Waals surface area contributed by atoms with Gasteiger partial charge in [-0.1, -0.05) is 30.3 Å². The maximum Gasteiger partial charge on any atom is 0.330 e. The number of carbonyl (C=O) groups excluding carboxylic acids is 1. The third-order valence-electron chi connectivity index (χ3n) is 5.94. The molecule has 2 atom stereocenters. The van der Waals surface area contributed by atoms with Gasteiger partial charge in [0, 0.05) is 11.4 Å². The summed E-state index contributed by atoms with van der Waals surface area (Å²) >= 11 is 0. The molecule has 0 N–H and O–H groups in total. The van der Waals surface area contributed by atoms with Crippen molar-refractivity contribution in [3.05, 3.63) is 109 Å². The van der Waals surface area contributed by atoms with E-state index in [-0.39, 0.29) is 18.1 Å². The summed E-state index contributed by atoms with van der Waals surface area (Å²) in [6.07, 6.45) is 1.64. The van der Waals surface area contributed by atoms with Crippen LogP contribution in [0.1, 0.15) is 23.4 Å². The molecule has 2 amide bonds. The van der Waals surface area contributed by atoms with Crippen LogP contribution in [-0.2, 0) is 0 Å². The smallest absolute Gasteiger partial charge is 0.330 e. The van der Waals surface area contributed by atoms with Gasteiger partial charge in [0.15, 0.2) is 0 Å². The van der Waals surface area contributed by atoms with E-state index in [0.29, 0.717) is 5.76 Å². The Balaban J connectivity index is 1.69. The molecule has 0 radical (unpaired) electrons. The minimum atomic E-state index is -0.370. The van der Waals surface area contributed by atoms with Gasteiger partial charge in [0.1, 0.15) is 23.3 Å². The Kier molecular flexibility index (Phi) is 5.48. The van der Waals surface area contributed by atoms with Gasteiger partial charge in [-0.3, -0.25) is 9.80 Å². The van der Waals surface area contributed by atoms with Crippen LogP contribution < -0.4 is 19.3 Å². The molecular formula is C27H24N2O4. The average Bonchev–Trinajstić information content (AvgIpc) is 3.51. The number of amides is 2. The number of hydrogen-bond acceptors (Lipinski definition) is 4. The van der Waals surface area contributed by atoms with Crippen molar-refractivity contribution in [2.75, 3.05) is 24.0 Å². The fraction of sp³-hybridized carbons (Fsp3) is 0.148. The second-order valence-corrected chi connectivity index (χ2v) is 7.73. The maximum atomic E-state index is 14.1. The Morgan fingerprint density at radius 3 is 1.70 bits per heavy atom. The predicted octanol–water partition coefficient (Wildman–Crippen LogP) is 6.23. The molecule has 0 aliphatic carbocycles. The van der Waals surface area contributed by atoms with E-state index in [9.17, 15) is 4.79 Å². The molecule has 1 aromatic heterocycles. The first-order chi connectivity index (χ1) is 16.2. The summed E-state index contributed by atoms with van der Waals surface area (Å²) < 4.78 is 16.5. The highest BCUT2D eigenvalue weighted by Crippen LogP contribution is 2.49. The summed E-state index contributed by atoms with van der Waals surface area (Å²) in [6, 6.07) is 28.0. The normalized spacial score (nSPS) is 17.9. The zero-order chi connectivity index (χ0) is 22.8. The second kappa shape index (κ2) is 8.74. The quantitative estimate of drug-likeness (QED) is 0.357. The van der Waals surface area contributed by atoms with E-state index >= 15 is 0 Å². The lowest BCUT2D eigenvalue weighted by atomic mass is 9.96. The van der Waals surface area contributed by atoms with Crippen LogP contribution >= 0.6 is 0 Å². The molecular weight excluding hydrogens is 416 g/mol. The van der Waals surface area contributed by atoms with Gasteiger partial charge < -0.3 is 13.9 Å². The number of rotatable bonds is 6. The van der Waals surface area contributed by atoms with Gasteiger partial charge in [-0.25, -0.2) is 4.79 Å². The molecule has 0 unspecified atom stereocenters. The Morgan fingerprint density at radius 2 is 1.21 bits per heavy atom. The molecule has 3 aromatic carbocycles.